The van der Waals surface area contributed by atoms with E-state index in [0.29, 0.717) is 11.1 Å². The van der Waals surface area contributed by atoms with E-state index in [4.69, 9.17) is 26.5 Å². The van der Waals surface area contributed by atoms with Crippen molar-refractivity contribution >= 4 is 22.6 Å². The van der Waals surface area contributed by atoms with Gasteiger partial charge in [-0.05, 0) is 37.8 Å². The van der Waals surface area contributed by atoms with Crippen LogP contribution in [0.2, 0.25) is 5.02 Å². The molecule has 0 spiro atoms. The zero-order valence-electron chi connectivity index (χ0n) is 10.8. The van der Waals surface area contributed by atoms with Crippen molar-refractivity contribution in [2.24, 2.45) is 5.73 Å². The van der Waals surface area contributed by atoms with E-state index in [1.165, 1.54) is 6.42 Å². The summed E-state index contributed by atoms with van der Waals surface area (Å²) in [6, 6.07) is 7.63. The van der Waals surface area contributed by atoms with Gasteiger partial charge in [-0.25, -0.2) is 0 Å². The molecule has 2 heterocycles. The van der Waals surface area contributed by atoms with Crippen LogP contribution in [0.1, 0.15) is 37.5 Å². The highest BCUT2D eigenvalue weighted by atomic mass is 35.5. The Bertz CT molecular complexity index is 560. The average molecular weight is 280 g/mol. The van der Waals surface area contributed by atoms with Crippen LogP contribution in [-0.2, 0) is 4.74 Å². The molecule has 102 valence electrons. The maximum absolute atomic E-state index is 6.19. The molecule has 3 nitrogen and oxygen atoms in total. The summed E-state index contributed by atoms with van der Waals surface area (Å²) in [6.07, 6.45) is 4.56. The van der Waals surface area contributed by atoms with Crippen LogP contribution in [0.15, 0.2) is 28.7 Å². The van der Waals surface area contributed by atoms with Crippen molar-refractivity contribution in [1.82, 2.24) is 0 Å². The van der Waals surface area contributed by atoms with Gasteiger partial charge in [0.1, 0.15) is 5.76 Å². The molecule has 2 N–H and O–H groups in total. The summed E-state index contributed by atoms with van der Waals surface area (Å²) >= 11 is 6.10. The van der Waals surface area contributed by atoms with Crippen LogP contribution in [0.5, 0.6) is 0 Å². The van der Waals surface area contributed by atoms with Crippen LogP contribution < -0.4 is 5.73 Å². The summed E-state index contributed by atoms with van der Waals surface area (Å²) in [5.74, 6) is 0.807. The topological polar surface area (TPSA) is 48.4 Å². The Morgan fingerprint density at radius 2 is 2.32 bits per heavy atom. The molecule has 0 aliphatic carbocycles. The van der Waals surface area contributed by atoms with Gasteiger partial charge < -0.3 is 14.9 Å². The molecule has 0 radical (unpaired) electrons. The summed E-state index contributed by atoms with van der Waals surface area (Å²) in [5.41, 5.74) is 6.92. The van der Waals surface area contributed by atoms with Crippen molar-refractivity contribution in [3.8, 4) is 0 Å². The fourth-order valence-electron chi connectivity index (χ4n) is 2.61. The molecular formula is C15H18ClNO2. The highest BCUT2D eigenvalue weighted by Gasteiger charge is 2.19. The monoisotopic (exact) mass is 279 g/mol. The molecule has 1 saturated heterocycles. The highest BCUT2D eigenvalue weighted by Crippen LogP contribution is 2.30. The second kappa shape index (κ2) is 5.53. The first-order valence-electron chi connectivity index (χ1n) is 6.79. The van der Waals surface area contributed by atoms with Gasteiger partial charge in [0, 0.05) is 12.0 Å². The number of fused-ring (bicyclic) bond motifs is 1. The van der Waals surface area contributed by atoms with Gasteiger partial charge in [-0.1, -0.05) is 23.7 Å². The van der Waals surface area contributed by atoms with Crippen molar-refractivity contribution in [1.29, 1.82) is 0 Å². The van der Waals surface area contributed by atoms with E-state index in [1.807, 2.05) is 24.3 Å². The number of halogens is 1. The summed E-state index contributed by atoms with van der Waals surface area (Å²) in [6.45, 7) is 0.889. The van der Waals surface area contributed by atoms with Gasteiger partial charge in [0.2, 0.25) is 0 Å². The largest absolute Gasteiger partial charge is 0.458 e. The minimum absolute atomic E-state index is 0.0901. The summed E-state index contributed by atoms with van der Waals surface area (Å²) in [4.78, 5) is 0. The van der Waals surface area contributed by atoms with Gasteiger partial charge in [-0.3, -0.25) is 0 Å². The zero-order chi connectivity index (χ0) is 13.2. The molecule has 4 heteroatoms. The van der Waals surface area contributed by atoms with Gasteiger partial charge in [0.15, 0.2) is 5.58 Å². The van der Waals surface area contributed by atoms with E-state index in [1.54, 1.807) is 0 Å². The molecule has 0 bridgehead atoms. The Hall–Kier alpha value is -1.03. The van der Waals surface area contributed by atoms with Crippen LogP contribution in [0, 0.1) is 0 Å². The summed E-state index contributed by atoms with van der Waals surface area (Å²) < 4.78 is 11.4. The van der Waals surface area contributed by atoms with E-state index in [9.17, 15) is 0 Å². The smallest absolute Gasteiger partial charge is 0.152 e. The van der Waals surface area contributed by atoms with Gasteiger partial charge >= 0.3 is 0 Å². The number of benzene rings is 1. The minimum Gasteiger partial charge on any atom is -0.458 e. The lowest BCUT2D eigenvalue weighted by molar-refractivity contribution is 0.100. The van der Waals surface area contributed by atoms with Crippen molar-refractivity contribution in [3.63, 3.8) is 0 Å². The summed E-state index contributed by atoms with van der Waals surface area (Å²) in [5, 5.41) is 1.64. The molecule has 1 aliphatic rings. The zero-order valence-corrected chi connectivity index (χ0v) is 11.5. The van der Waals surface area contributed by atoms with Crippen LogP contribution in [0.4, 0.5) is 0 Å². The molecule has 2 atom stereocenters. The van der Waals surface area contributed by atoms with Crippen molar-refractivity contribution in [2.75, 3.05) is 6.61 Å². The molecule has 0 saturated carbocycles. The fourth-order valence-corrected chi connectivity index (χ4v) is 2.83. The first-order valence-corrected chi connectivity index (χ1v) is 7.17. The van der Waals surface area contributed by atoms with E-state index in [0.717, 1.165) is 42.6 Å². The third-order valence-electron chi connectivity index (χ3n) is 3.70. The van der Waals surface area contributed by atoms with Gasteiger partial charge in [-0.2, -0.15) is 0 Å². The number of furan rings is 1. The van der Waals surface area contributed by atoms with E-state index >= 15 is 0 Å². The standard InChI is InChI=1S/C15H18ClNO2/c16-12-5-1-3-10-9-14(19-15(10)12)13(17)7-6-11-4-2-8-18-11/h1,3,5,9,11,13H,2,4,6-8,17H2. The van der Waals surface area contributed by atoms with Crippen LogP contribution in [0.3, 0.4) is 0 Å². The number of ether oxygens (including phenoxy) is 1. The average Bonchev–Trinajstić information content (AvgIpc) is 3.05. The third-order valence-corrected chi connectivity index (χ3v) is 4.00. The van der Waals surface area contributed by atoms with Crippen molar-refractivity contribution < 1.29 is 9.15 Å². The second-order valence-corrected chi connectivity index (χ2v) is 5.53. The summed E-state index contributed by atoms with van der Waals surface area (Å²) in [7, 11) is 0. The number of para-hydroxylation sites is 1. The fraction of sp³-hybridized carbons (Fsp3) is 0.467. The first kappa shape index (κ1) is 13.0. The van der Waals surface area contributed by atoms with Crippen LogP contribution >= 0.6 is 11.6 Å². The molecule has 1 aliphatic heterocycles. The Balaban J connectivity index is 1.70. The molecule has 1 aromatic heterocycles. The number of rotatable bonds is 4. The molecule has 3 rings (SSSR count). The number of hydrogen-bond donors (Lipinski definition) is 1. The predicted molar refractivity (Wildman–Crippen MR) is 76.4 cm³/mol. The molecule has 1 fully saturated rings. The quantitative estimate of drug-likeness (QED) is 0.919. The van der Waals surface area contributed by atoms with E-state index < -0.39 is 0 Å². The lowest BCUT2D eigenvalue weighted by Crippen LogP contribution is -2.13. The van der Waals surface area contributed by atoms with E-state index in [2.05, 4.69) is 0 Å². The molecule has 1 aromatic carbocycles. The predicted octanol–water partition coefficient (Wildman–Crippen LogP) is 4.05. The third kappa shape index (κ3) is 2.78. The number of nitrogens with two attached hydrogens (primary N) is 1. The maximum Gasteiger partial charge on any atom is 0.152 e. The van der Waals surface area contributed by atoms with Gasteiger partial charge in [0.25, 0.3) is 0 Å². The Morgan fingerprint density at radius 1 is 1.42 bits per heavy atom. The lowest BCUT2D eigenvalue weighted by Gasteiger charge is -2.12. The Labute approximate surface area is 117 Å². The molecular weight excluding hydrogens is 262 g/mol. The molecule has 0 amide bonds. The van der Waals surface area contributed by atoms with E-state index in [-0.39, 0.29) is 6.04 Å². The lowest BCUT2D eigenvalue weighted by atomic mass is 10.0. The van der Waals surface area contributed by atoms with Crippen molar-refractivity contribution in [2.45, 2.75) is 37.8 Å². The maximum atomic E-state index is 6.19. The second-order valence-electron chi connectivity index (χ2n) is 5.13. The Morgan fingerprint density at radius 3 is 3.05 bits per heavy atom. The molecule has 2 aromatic rings. The normalized spacial score (nSPS) is 21.1. The van der Waals surface area contributed by atoms with Gasteiger partial charge in [-0.15, -0.1) is 0 Å². The van der Waals surface area contributed by atoms with Crippen molar-refractivity contribution in [3.05, 3.63) is 35.0 Å². The minimum atomic E-state index is -0.0901. The van der Waals surface area contributed by atoms with Gasteiger partial charge in [0.05, 0.1) is 17.2 Å². The number of hydrogen-bond acceptors (Lipinski definition) is 3. The highest BCUT2D eigenvalue weighted by molar-refractivity contribution is 6.34. The Kier molecular flexibility index (Phi) is 3.78. The van der Waals surface area contributed by atoms with Crippen LogP contribution in [-0.4, -0.2) is 12.7 Å². The molecule has 19 heavy (non-hydrogen) atoms. The first-order chi connectivity index (χ1) is 9.24. The SMILES string of the molecule is NC(CCC1CCCO1)c1cc2cccc(Cl)c2o1. The van der Waals surface area contributed by atoms with Crippen LogP contribution in [0.25, 0.3) is 11.0 Å². The molecule has 2 unspecified atom stereocenters.